The number of rotatable bonds is 5. The van der Waals surface area contributed by atoms with Crippen molar-refractivity contribution in [1.29, 1.82) is 0 Å². The van der Waals surface area contributed by atoms with Gasteiger partial charge in [0.05, 0.1) is 11.1 Å². The van der Waals surface area contributed by atoms with Crippen LogP contribution in [0.2, 0.25) is 0 Å². The molecule has 0 fully saturated rings. The van der Waals surface area contributed by atoms with Gasteiger partial charge in [0.25, 0.3) is 0 Å². The molecule has 0 unspecified atom stereocenters. The van der Waals surface area contributed by atoms with E-state index in [9.17, 15) is 9.59 Å². The SMILES string of the molecule is CCCCc1cc(C(=O)OO)ccc1C(=O)O. The van der Waals surface area contributed by atoms with E-state index in [1.54, 1.807) is 0 Å². The van der Waals surface area contributed by atoms with Gasteiger partial charge in [-0.1, -0.05) is 13.3 Å². The molecular formula is C12H14O5. The maximum absolute atomic E-state index is 11.1. The minimum atomic E-state index is -1.03. The Labute approximate surface area is 98.6 Å². The van der Waals surface area contributed by atoms with Crippen molar-refractivity contribution in [1.82, 2.24) is 0 Å². The summed E-state index contributed by atoms with van der Waals surface area (Å²) in [5.74, 6) is -1.92. The number of hydrogen-bond acceptors (Lipinski definition) is 4. The molecule has 17 heavy (non-hydrogen) atoms. The number of aromatic carboxylic acids is 1. The van der Waals surface area contributed by atoms with E-state index in [4.69, 9.17) is 10.4 Å². The summed E-state index contributed by atoms with van der Waals surface area (Å²) in [6.45, 7) is 1.99. The van der Waals surface area contributed by atoms with Crippen LogP contribution < -0.4 is 0 Å². The molecule has 1 aromatic carbocycles. The predicted molar refractivity (Wildman–Crippen MR) is 60.1 cm³/mol. The Morgan fingerprint density at radius 2 is 2.06 bits per heavy atom. The molecule has 2 N–H and O–H groups in total. The largest absolute Gasteiger partial charge is 0.478 e. The van der Waals surface area contributed by atoms with E-state index < -0.39 is 11.9 Å². The van der Waals surface area contributed by atoms with E-state index >= 15 is 0 Å². The average molecular weight is 238 g/mol. The third kappa shape index (κ3) is 3.29. The normalized spacial score (nSPS) is 10.0. The number of carbonyl (C=O) groups excluding carboxylic acids is 1. The van der Waals surface area contributed by atoms with Crippen LogP contribution in [0.5, 0.6) is 0 Å². The Kier molecular flexibility index (Phi) is 4.66. The average Bonchev–Trinajstić information content (AvgIpc) is 2.34. The van der Waals surface area contributed by atoms with Crippen LogP contribution in [0.15, 0.2) is 18.2 Å². The first-order valence-corrected chi connectivity index (χ1v) is 5.32. The van der Waals surface area contributed by atoms with Gasteiger partial charge in [0.15, 0.2) is 0 Å². The van der Waals surface area contributed by atoms with Crippen LogP contribution in [0.4, 0.5) is 0 Å². The summed E-state index contributed by atoms with van der Waals surface area (Å²) in [7, 11) is 0. The lowest BCUT2D eigenvalue weighted by molar-refractivity contribution is -0.182. The molecule has 1 rings (SSSR count). The highest BCUT2D eigenvalue weighted by atomic mass is 17.1. The molecule has 0 aliphatic heterocycles. The highest BCUT2D eigenvalue weighted by Crippen LogP contribution is 2.16. The first-order chi connectivity index (χ1) is 8.10. The summed E-state index contributed by atoms with van der Waals surface area (Å²) in [6.07, 6.45) is 2.33. The summed E-state index contributed by atoms with van der Waals surface area (Å²) >= 11 is 0. The van der Waals surface area contributed by atoms with Gasteiger partial charge in [-0.3, -0.25) is 4.89 Å². The molecule has 0 amide bonds. The molecular weight excluding hydrogens is 224 g/mol. The summed E-state index contributed by atoms with van der Waals surface area (Å²) < 4.78 is 0. The van der Waals surface area contributed by atoms with E-state index in [2.05, 4.69) is 4.89 Å². The highest BCUT2D eigenvalue weighted by molar-refractivity contribution is 5.93. The first-order valence-electron chi connectivity index (χ1n) is 5.32. The number of benzene rings is 1. The van der Waals surface area contributed by atoms with Gasteiger partial charge in [-0.15, -0.1) is 0 Å². The van der Waals surface area contributed by atoms with Gasteiger partial charge in [0.1, 0.15) is 0 Å². The third-order valence-corrected chi connectivity index (χ3v) is 2.45. The van der Waals surface area contributed by atoms with Crippen molar-refractivity contribution in [2.45, 2.75) is 26.2 Å². The lowest BCUT2D eigenvalue weighted by Crippen LogP contribution is -2.07. The van der Waals surface area contributed by atoms with Crippen molar-refractivity contribution in [3.05, 3.63) is 34.9 Å². The zero-order valence-electron chi connectivity index (χ0n) is 9.47. The lowest BCUT2D eigenvalue weighted by atomic mass is 9.99. The molecule has 0 heterocycles. The molecule has 5 nitrogen and oxygen atoms in total. The second-order valence-corrected chi connectivity index (χ2v) is 3.66. The highest BCUT2D eigenvalue weighted by Gasteiger charge is 2.14. The molecule has 0 saturated carbocycles. The van der Waals surface area contributed by atoms with Crippen molar-refractivity contribution in [2.75, 3.05) is 0 Å². The fourth-order valence-corrected chi connectivity index (χ4v) is 1.56. The molecule has 0 aliphatic carbocycles. The zero-order chi connectivity index (χ0) is 12.8. The molecule has 0 bridgehead atoms. The number of hydrogen-bond donors (Lipinski definition) is 2. The molecule has 5 heteroatoms. The third-order valence-electron chi connectivity index (χ3n) is 2.45. The quantitative estimate of drug-likeness (QED) is 0.607. The van der Waals surface area contributed by atoms with Crippen LogP contribution in [0.1, 0.15) is 46.0 Å². The topological polar surface area (TPSA) is 83.8 Å². The Bertz CT molecular complexity index is 425. The minimum absolute atomic E-state index is 0.142. The van der Waals surface area contributed by atoms with Gasteiger partial charge in [-0.05, 0) is 36.6 Å². The number of carbonyl (C=O) groups is 2. The standard InChI is InChI=1S/C12H14O5/c1-2-3-4-8-7-9(12(15)17-16)5-6-10(8)11(13)14/h5-7,16H,2-4H2,1H3,(H,13,14). The van der Waals surface area contributed by atoms with Crippen LogP contribution >= 0.6 is 0 Å². The van der Waals surface area contributed by atoms with Gasteiger partial charge in [-0.25, -0.2) is 9.59 Å². The minimum Gasteiger partial charge on any atom is -0.478 e. The van der Waals surface area contributed by atoms with Gasteiger partial charge in [-0.2, -0.15) is 5.26 Å². The number of carboxylic acids is 1. The van der Waals surface area contributed by atoms with Crippen molar-refractivity contribution in [3.8, 4) is 0 Å². The Balaban J connectivity index is 3.09. The van der Waals surface area contributed by atoms with Gasteiger partial charge in [0, 0.05) is 0 Å². The number of unbranched alkanes of at least 4 members (excludes halogenated alkanes) is 1. The summed E-state index contributed by atoms with van der Waals surface area (Å²) in [4.78, 5) is 25.7. The number of aryl methyl sites for hydroxylation is 1. The number of carboxylic acid groups (broad SMARTS) is 1. The molecule has 0 aromatic heterocycles. The maximum Gasteiger partial charge on any atom is 0.372 e. The van der Waals surface area contributed by atoms with Crippen LogP contribution in [-0.2, 0) is 11.3 Å². The Hall–Kier alpha value is -1.88. The Morgan fingerprint density at radius 3 is 2.59 bits per heavy atom. The summed E-state index contributed by atoms with van der Waals surface area (Å²) in [5, 5.41) is 17.3. The molecule has 0 atom stereocenters. The van der Waals surface area contributed by atoms with Crippen molar-refractivity contribution in [3.63, 3.8) is 0 Å². The van der Waals surface area contributed by atoms with Crippen molar-refractivity contribution in [2.24, 2.45) is 0 Å². The monoisotopic (exact) mass is 238 g/mol. The van der Waals surface area contributed by atoms with E-state index in [1.165, 1.54) is 18.2 Å². The second-order valence-electron chi connectivity index (χ2n) is 3.66. The van der Waals surface area contributed by atoms with Crippen LogP contribution in [0.3, 0.4) is 0 Å². The zero-order valence-corrected chi connectivity index (χ0v) is 9.47. The van der Waals surface area contributed by atoms with Crippen LogP contribution in [-0.4, -0.2) is 22.3 Å². The predicted octanol–water partition coefficient (Wildman–Crippen LogP) is 2.36. The van der Waals surface area contributed by atoms with Crippen LogP contribution in [0, 0.1) is 0 Å². The fourth-order valence-electron chi connectivity index (χ4n) is 1.56. The second kappa shape index (κ2) is 6.00. The van der Waals surface area contributed by atoms with Crippen molar-refractivity contribution >= 4 is 11.9 Å². The van der Waals surface area contributed by atoms with Crippen LogP contribution in [0.25, 0.3) is 0 Å². The lowest BCUT2D eigenvalue weighted by Gasteiger charge is -2.07. The fraction of sp³-hybridized carbons (Fsp3) is 0.333. The first kappa shape index (κ1) is 13.2. The van der Waals surface area contributed by atoms with Gasteiger partial charge >= 0.3 is 11.9 Å². The molecule has 0 radical (unpaired) electrons. The molecule has 0 spiro atoms. The van der Waals surface area contributed by atoms with E-state index in [0.29, 0.717) is 12.0 Å². The molecule has 92 valence electrons. The molecule has 1 aromatic rings. The van der Waals surface area contributed by atoms with Crippen molar-refractivity contribution < 1.29 is 24.8 Å². The van der Waals surface area contributed by atoms with E-state index in [1.807, 2.05) is 6.92 Å². The molecule has 0 saturated heterocycles. The maximum atomic E-state index is 11.1. The smallest absolute Gasteiger partial charge is 0.372 e. The van der Waals surface area contributed by atoms with Gasteiger partial charge < -0.3 is 5.11 Å². The van der Waals surface area contributed by atoms with E-state index in [0.717, 1.165) is 12.8 Å². The van der Waals surface area contributed by atoms with Gasteiger partial charge in [0.2, 0.25) is 0 Å². The molecule has 0 aliphatic rings. The Morgan fingerprint density at radius 1 is 1.35 bits per heavy atom. The summed E-state index contributed by atoms with van der Waals surface area (Å²) in [6, 6.07) is 4.11. The van der Waals surface area contributed by atoms with E-state index in [-0.39, 0.29) is 11.1 Å². The summed E-state index contributed by atoms with van der Waals surface area (Å²) in [5.41, 5.74) is 0.888.